The van der Waals surface area contributed by atoms with Crippen LogP contribution in [0.1, 0.15) is 55.3 Å². The maximum absolute atomic E-state index is 12.5. The van der Waals surface area contributed by atoms with Crippen molar-refractivity contribution in [2.24, 2.45) is 5.92 Å². The van der Waals surface area contributed by atoms with Crippen molar-refractivity contribution in [1.29, 1.82) is 0 Å². The molecule has 30 heavy (non-hydrogen) atoms. The molecule has 0 amide bonds. The fourth-order valence-electron chi connectivity index (χ4n) is 3.63. The zero-order chi connectivity index (χ0) is 21.3. The van der Waals surface area contributed by atoms with Crippen LogP contribution in [0, 0.1) is 5.92 Å². The minimum absolute atomic E-state index is 0. The highest BCUT2D eigenvalue weighted by molar-refractivity contribution is 5.91. The second-order valence-corrected chi connectivity index (χ2v) is 8.88. The lowest BCUT2D eigenvalue weighted by molar-refractivity contribution is -0.870. The summed E-state index contributed by atoms with van der Waals surface area (Å²) in [4.78, 5) is 12.5. The van der Waals surface area contributed by atoms with E-state index in [1.807, 2.05) is 0 Å². The summed E-state index contributed by atoms with van der Waals surface area (Å²) in [5.41, 5.74) is 0.412. The van der Waals surface area contributed by atoms with Gasteiger partial charge in [0.05, 0.1) is 60.7 Å². The number of hydrogen-bond donors (Lipinski definition) is 0. The van der Waals surface area contributed by atoms with Gasteiger partial charge in [0, 0.05) is 0 Å². The molecule has 0 saturated heterocycles. The molecule has 0 spiro atoms. The summed E-state index contributed by atoms with van der Waals surface area (Å²) in [6.45, 7) is 2.10. The molecule has 0 aromatic heterocycles. The van der Waals surface area contributed by atoms with E-state index in [0.29, 0.717) is 41.9 Å². The van der Waals surface area contributed by atoms with E-state index in [9.17, 15) is 4.79 Å². The van der Waals surface area contributed by atoms with Gasteiger partial charge in [0.25, 0.3) is 0 Å². The third-order valence-electron chi connectivity index (χ3n) is 5.34. The van der Waals surface area contributed by atoms with E-state index < -0.39 is 0 Å². The van der Waals surface area contributed by atoms with Crippen LogP contribution in [-0.4, -0.2) is 65.6 Å². The number of nitrogens with zero attached hydrogens (tertiary/aromatic N) is 1. The topological polar surface area (TPSA) is 54.0 Å². The van der Waals surface area contributed by atoms with Crippen LogP contribution in [0.3, 0.4) is 0 Å². The second kappa shape index (κ2) is 13.2. The molecule has 1 aromatic carbocycles. The van der Waals surface area contributed by atoms with Gasteiger partial charge in [-0.25, -0.2) is 4.79 Å². The highest BCUT2D eigenvalue weighted by atomic mass is 127. The van der Waals surface area contributed by atoms with Crippen molar-refractivity contribution in [3.05, 3.63) is 17.7 Å². The molecule has 0 heterocycles. The molecule has 1 aliphatic rings. The first kappa shape index (κ1) is 26.8. The van der Waals surface area contributed by atoms with E-state index in [1.165, 1.54) is 32.1 Å². The predicted octanol–water partition coefficient (Wildman–Crippen LogP) is 1.31. The number of quaternary nitrogens is 1. The summed E-state index contributed by atoms with van der Waals surface area (Å²) in [7, 11) is 9.61. The van der Waals surface area contributed by atoms with Gasteiger partial charge in [-0.2, -0.15) is 0 Å². The molecule has 0 unspecified atom stereocenters. The molecule has 0 radical (unpaired) electrons. The zero-order valence-corrected chi connectivity index (χ0v) is 21.3. The van der Waals surface area contributed by atoms with Crippen molar-refractivity contribution in [3.63, 3.8) is 0 Å². The first-order chi connectivity index (χ1) is 13.8. The molecular formula is C23H38INO5. The Balaban J connectivity index is 0.00000450. The Morgan fingerprint density at radius 3 is 2.13 bits per heavy atom. The summed E-state index contributed by atoms with van der Waals surface area (Å²) in [6.07, 6.45) is 8.10. The Morgan fingerprint density at radius 1 is 1.00 bits per heavy atom. The first-order valence-electron chi connectivity index (χ1n) is 10.7. The summed E-state index contributed by atoms with van der Waals surface area (Å²) >= 11 is 0. The van der Waals surface area contributed by atoms with Gasteiger partial charge in [-0.3, -0.25) is 0 Å². The van der Waals surface area contributed by atoms with Crippen LogP contribution in [0.5, 0.6) is 17.2 Å². The number of methoxy groups -OCH3 is 2. The minimum Gasteiger partial charge on any atom is -1.00 e. The SMILES string of the molecule is COc1cc(C(=O)OCCCC[N+](C)(C)C)cc(OC)c1OCC1CCCCC1.[I-]. The van der Waals surface area contributed by atoms with E-state index in [2.05, 4.69) is 21.1 Å². The van der Waals surface area contributed by atoms with Crippen LogP contribution < -0.4 is 38.2 Å². The number of benzene rings is 1. The van der Waals surface area contributed by atoms with E-state index >= 15 is 0 Å². The van der Waals surface area contributed by atoms with Crippen LogP contribution in [-0.2, 0) is 4.74 Å². The lowest BCUT2D eigenvalue weighted by Crippen LogP contribution is -3.00. The summed E-state index contributed by atoms with van der Waals surface area (Å²) < 4.78 is 23.4. The molecule has 172 valence electrons. The Kier molecular flexibility index (Phi) is 11.8. The highest BCUT2D eigenvalue weighted by Gasteiger charge is 2.21. The minimum atomic E-state index is -0.370. The molecule has 0 atom stereocenters. The normalized spacial score (nSPS) is 14.6. The van der Waals surface area contributed by atoms with Crippen molar-refractivity contribution < 1.29 is 52.2 Å². The van der Waals surface area contributed by atoms with Gasteiger partial charge in [-0.1, -0.05) is 19.3 Å². The zero-order valence-electron chi connectivity index (χ0n) is 19.2. The number of rotatable bonds is 11. The molecular weight excluding hydrogens is 497 g/mol. The van der Waals surface area contributed by atoms with Crippen molar-refractivity contribution >= 4 is 5.97 Å². The van der Waals surface area contributed by atoms with Crippen LogP contribution in [0.15, 0.2) is 12.1 Å². The monoisotopic (exact) mass is 535 g/mol. The van der Waals surface area contributed by atoms with Crippen molar-refractivity contribution in [1.82, 2.24) is 0 Å². The molecule has 1 saturated carbocycles. The average Bonchev–Trinajstić information content (AvgIpc) is 2.71. The standard InChI is InChI=1S/C23H38NO5.HI/c1-24(2,3)13-9-10-14-28-23(25)19-15-20(26-4)22(21(16-19)27-5)29-17-18-11-7-6-8-12-18;/h15-16,18H,6-14,17H2,1-5H3;1H/q+1;/p-1. The second-order valence-electron chi connectivity index (χ2n) is 8.88. The number of carbonyl (C=O) groups excluding carboxylic acids is 1. The molecule has 0 N–H and O–H groups in total. The fourth-order valence-corrected chi connectivity index (χ4v) is 3.63. The molecule has 1 aromatic rings. The average molecular weight is 535 g/mol. The van der Waals surface area contributed by atoms with Crippen molar-refractivity contribution in [3.8, 4) is 17.2 Å². The molecule has 0 bridgehead atoms. The largest absolute Gasteiger partial charge is 1.00 e. The van der Waals surface area contributed by atoms with Gasteiger partial charge in [0.15, 0.2) is 11.5 Å². The van der Waals surface area contributed by atoms with Gasteiger partial charge in [-0.15, -0.1) is 0 Å². The number of esters is 1. The fraction of sp³-hybridized carbons (Fsp3) is 0.696. The van der Waals surface area contributed by atoms with Gasteiger partial charge < -0.3 is 47.4 Å². The summed E-state index contributed by atoms with van der Waals surface area (Å²) in [5, 5.41) is 0. The van der Waals surface area contributed by atoms with Crippen LogP contribution in [0.2, 0.25) is 0 Å². The Hall–Kier alpha value is -1.22. The summed E-state index contributed by atoms with van der Waals surface area (Å²) in [5.74, 6) is 1.74. The number of unbranched alkanes of at least 4 members (excludes halogenated alkanes) is 1. The molecule has 6 nitrogen and oxygen atoms in total. The maximum Gasteiger partial charge on any atom is 0.338 e. The van der Waals surface area contributed by atoms with Crippen molar-refractivity contribution in [2.75, 3.05) is 55.1 Å². The summed E-state index contributed by atoms with van der Waals surface area (Å²) in [6, 6.07) is 3.35. The van der Waals surface area contributed by atoms with Crippen LogP contribution in [0.4, 0.5) is 0 Å². The quantitative estimate of drug-likeness (QED) is 0.185. The number of carbonyl (C=O) groups is 1. The lowest BCUT2D eigenvalue weighted by atomic mass is 9.90. The van der Waals surface area contributed by atoms with E-state index in [1.54, 1.807) is 26.4 Å². The number of halogens is 1. The molecule has 2 rings (SSSR count). The van der Waals surface area contributed by atoms with Gasteiger partial charge in [0.1, 0.15) is 0 Å². The molecule has 1 fully saturated rings. The van der Waals surface area contributed by atoms with Gasteiger partial charge >= 0.3 is 5.97 Å². The first-order valence-corrected chi connectivity index (χ1v) is 10.7. The van der Waals surface area contributed by atoms with Crippen LogP contribution >= 0.6 is 0 Å². The third kappa shape index (κ3) is 8.88. The highest BCUT2D eigenvalue weighted by Crippen LogP contribution is 2.39. The Bertz CT molecular complexity index is 628. The Morgan fingerprint density at radius 2 is 1.60 bits per heavy atom. The van der Waals surface area contributed by atoms with Crippen LogP contribution in [0.25, 0.3) is 0 Å². The molecule has 0 aliphatic heterocycles. The van der Waals surface area contributed by atoms with Crippen molar-refractivity contribution in [2.45, 2.75) is 44.9 Å². The molecule has 1 aliphatic carbocycles. The van der Waals surface area contributed by atoms with E-state index in [-0.39, 0.29) is 29.9 Å². The lowest BCUT2D eigenvalue weighted by Gasteiger charge is -2.23. The van der Waals surface area contributed by atoms with E-state index in [4.69, 9.17) is 18.9 Å². The molecule has 7 heteroatoms. The maximum atomic E-state index is 12.5. The Labute approximate surface area is 198 Å². The number of hydrogen-bond acceptors (Lipinski definition) is 5. The van der Waals surface area contributed by atoms with E-state index in [0.717, 1.165) is 23.9 Å². The van der Waals surface area contributed by atoms with Gasteiger partial charge in [-0.05, 0) is 43.7 Å². The van der Waals surface area contributed by atoms with Gasteiger partial charge in [0.2, 0.25) is 5.75 Å². The predicted molar refractivity (Wildman–Crippen MR) is 114 cm³/mol. The third-order valence-corrected chi connectivity index (χ3v) is 5.34. The smallest absolute Gasteiger partial charge is 0.338 e. The number of ether oxygens (including phenoxy) is 4.